The second-order valence-corrected chi connectivity index (χ2v) is 10.2. The molecule has 9 heteroatoms. The summed E-state index contributed by atoms with van der Waals surface area (Å²) in [6.45, 7) is 5.56. The molecule has 2 aromatic carbocycles. The average molecular weight is 446 g/mol. The zero-order valence-corrected chi connectivity index (χ0v) is 18.8. The van der Waals surface area contributed by atoms with Crippen LogP contribution in [0.15, 0.2) is 53.4 Å². The Morgan fingerprint density at radius 1 is 1.06 bits per heavy atom. The van der Waals surface area contributed by atoms with Gasteiger partial charge < -0.3 is 15.0 Å². The molecule has 1 aliphatic heterocycles. The Morgan fingerprint density at radius 3 is 2.23 bits per heavy atom. The van der Waals surface area contributed by atoms with Crippen LogP contribution in [-0.2, 0) is 19.6 Å². The van der Waals surface area contributed by atoms with Crippen LogP contribution in [0.4, 0.5) is 11.4 Å². The highest BCUT2D eigenvalue weighted by molar-refractivity contribution is 7.89. The Kier molecular flexibility index (Phi) is 6.38. The maximum Gasteiger partial charge on any atom is 0.241 e. The maximum absolute atomic E-state index is 12.7. The van der Waals surface area contributed by atoms with Crippen molar-refractivity contribution in [3.63, 3.8) is 0 Å². The van der Waals surface area contributed by atoms with E-state index in [-0.39, 0.29) is 29.7 Å². The first-order chi connectivity index (χ1) is 14.5. The van der Waals surface area contributed by atoms with Crippen molar-refractivity contribution < 1.29 is 22.7 Å². The Balaban J connectivity index is 1.64. The molecule has 0 unspecified atom stereocenters. The van der Waals surface area contributed by atoms with Gasteiger partial charge in [-0.05, 0) is 69.3 Å². The number of anilines is 2. The molecule has 1 atom stereocenters. The minimum atomic E-state index is -3.65. The van der Waals surface area contributed by atoms with Crippen LogP contribution in [0, 0.1) is 5.92 Å². The Labute approximate surface area is 182 Å². The standard InChI is InChI=1S/C22H27N3O5S/c1-22(2,3)24-31(28,29)19-11-5-16(6-12-19)23-21(27)15-13-20(26)25(14-15)17-7-9-18(30-4)10-8-17/h5-12,15,24H,13-14H2,1-4H3,(H,23,27)/t15-/m1/s1. The van der Waals surface area contributed by atoms with Crippen LogP contribution in [0.5, 0.6) is 5.75 Å². The number of carbonyl (C=O) groups excluding carboxylic acids is 2. The van der Waals surface area contributed by atoms with Gasteiger partial charge in [-0.3, -0.25) is 9.59 Å². The van der Waals surface area contributed by atoms with Crippen molar-refractivity contribution in [2.24, 2.45) is 5.92 Å². The average Bonchev–Trinajstić information content (AvgIpc) is 3.08. The molecule has 0 bridgehead atoms. The van der Waals surface area contributed by atoms with Crippen molar-refractivity contribution in [3.05, 3.63) is 48.5 Å². The van der Waals surface area contributed by atoms with Crippen LogP contribution in [0.25, 0.3) is 0 Å². The van der Waals surface area contributed by atoms with E-state index in [1.165, 1.54) is 24.3 Å². The molecule has 0 aliphatic carbocycles. The number of hydrogen-bond acceptors (Lipinski definition) is 5. The Hall–Kier alpha value is -2.91. The third-order valence-corrected chi connectivity index (χ3v) is 6.53. The number of hydrogen-bond donors (Lipinski definition) is 2. The molecule has 1 saturated heterocycles. The van der Waals surface area contributed by atoms with Crippen LogP contribution >= 0.6 is 0 Å². The van der Waals surface area contributed by atoms with Crippen LogP contribution in [0.1, 0.15) is 27.2 Å². The molecule has 3 rings (SSSR count). The molecule has 0 radical (unpaired) electrons. The second-order valence-electron chi connectivity index (χ2n) is 8.47. The minimum absolute atomic E-state index is 0.111. The molecule has 1 heterocycles. The van der Waals surface area contributed by atoms with Gasteiger partial charge in [-0.15, -0.1) is 0 Å². The summed E-state index contributed by atoms with van der Waals surface area (Å²) >= 11 is 0. The molecule has 166 valence electrons. The molecular formula is C22H27N3O5S. The molecule has 1 fully saturated rings. The van der Waals surface area contributed by atoms with E-state index in [2.05, 4.69) is 10.0 Å². The third-order valence-electron chi connectivity index (χ3n) is 4.75. The molecule has 0 spiro atoms. The van der Waals surface area contributed by atoms with E-state index in [0.717, 1.165) is 0 Å². The van der Waals surface area contributed by atoms with Crippen molar-refractivity contribution in [1.82, 2.24) is 4.72 Å². The van der Waals surface area contributed by atoms with Gasteiger partial charge in [0.25, 0.3) is 0 Å². The summed E-state index contributed by atoms with van der Waals surface area (Å²) in [6, 6.07) is 13.0. The smallest absolute Gasteiger partial charge is 0.241 e. The first-order valence-corrected chi connectivity index (χ1v) is 11.4. The highest BCUT2D eigenvalue weighted by Crippen LogP contribution is 2.27. The summed E-state index contributed by atoms with van der Waals surface area (Å²) in [6.07, 6.45) is 0.111. The van der Waals surface area contributed by atoms with E-state index < -0.39 is 21.5 Å². The lowest BCUT2D eigenvalue weighted by atomic mass is 10.1. The SMILES string of the molecule is COc1ccc(N2C[C@H](C(=O)Nc3ccc(S(=O)(=O)NC(C)(C)C)cc3)CC2=O)cc1. The van der Waals surface area contributed by atoms with Crippen molar-refractivity contribution in [1.29, 1.82) is 0 Å². The predicted molar refractivity (Wildman–Crippen MR) is 119 cm³/mol. The van der Waals surface area contributed by atoms with Crippen molar-refractivity contribution in [2.75, 3.05) is 23.9 Å². The number of nitrogens with zero attached hydrogens (tertiary/aromatic N) is 1. The predicted octanol–water partition coefficient (Wildman–Crippen LogP) is 2.76. The molecule has 31 heavy (non-hydrogen) atoms. The Morgan fingerprint density at radius 2 is 1.68 bits per heavy atom. The van der Waals surface area contributed by atoms with Crippen molar-refractivity contribution >= 4 is 33.2 Å². The highest BCUT2D eigenvalue weighted by atomic mass is 32.2. The molecule has 2 amide bonds. The van der Waals surface area contributed by atoms with Crippen molar-refractivity contribution in [3.8, 4) is 5.75 Å². The van der Waals surface area contributed by atoms with Gasteiger partial charge in [0.2, 0.25) is 21.8 Å². The zero-order chi connectivity index (χ0) is 22.8. The summed E-state index contributed by atoms with van der Waals surface area (Å²) < 4.78 is 32.5. The number of rotatable bonds is 6. The van der Waals surface area contributed by atoms with Gasteiger partial charge in [0.1, 0.15) is 5.75 Å². The van der Waals surface area contributed by atoms with Gasteiger partial charge in [-0.25, -0.2) is 13.1 Å². The Bertz CT molecular complexity index is 1060. The van der Waals surface area contributed by atoms with Crippen molar-refractivity contribution in [2.45, 2.75) is 37.6 Å². The number of methoxy groups -OCH3 is 1. The van der Waals surface area contributed by atoms with Gasteiger partial charge in [-0.1, -0.05) is 0 Å². The number of carbonyl (C=O) groups is 2. The summed E-state index contributed by atoms with van der Waals surface area (Å²) in [5.74, 6) is -0.221. The molecule has 8 nitrogen and oxygen atoms in total. The van der Waals surface area contributed by atoms with E-state index in [9.17, 15) is 18.0 Å². The quantitative estimate of drug-likeness (QED) is 0.711. The lowest BCUT2D eigenvalue weighted by Gasteiger charge is -2.20. The fourth-order valence-electron chi connectivity index (χ4n) is 3.32. The largest absolute Gasteiger partial charge is 0.497 e. The van der Waals surface area contributed by atoms with E-state index >= 15 is 0 Å². The van der Waals surface area contributed by atoms with Crippen LogP contribution < -0.4 is 19.7 Å². The van der Waals surface area contributed by atoms with Gasteiger partial charge in [0.15, 0.2) is 0 Å². The molecular weight excluding hydrogens is 418 g/mol. The fraction of sp³-hybridized carbons (Fsp3) is 0.364. The molecule has 0 saturated carbocycles. The molecule has 2 N–H and O–H groups in total. The zero-order valence-electron chi connectivity index (χ0n) is 18.0. The number of sulfonamides is 1. The fourth-order valence-corrected chi connectivity index (χ4v) is 4.74. The van der Waals surface area contributed by atoms with Gasteiger partial charge >= 0.3 is 0 Å². The number of nitrogens with one attached hydrogen (secondary N) is 2. The summed E-state index contributed by atoms with van der Waals surface area (Å²) in [5.41, 5.74) is 0.577. The van der Waals surface area contributed by atoms with Crippen LogP contribution in [0.3, 0.4) is 0 Å². The van der Waals surface area contributed by atoms with Gasteiger partial charge in [-0.2, -0.15) is 0 Å². The highest BCUT2D eigenvalue weighted by Gasteiger charge is 2.35. The lowest BCUT2D eigenvalue weighted by Crippen LogP contribution is -2.40. The first-order valence-electron chi connectivity index (χ1n) is 9.88. The number of benzene rings is 2. The molecule has 0 aromatic heterocycles. The normalized spacial score (nSPS) is 17.0. The van der Waals surface area contributed by atoms with Crippen LogP contribution in [-0.4, -0.2) is 39.4 Å². The van der Waals surface area contributed by atoms with E-state index in [1.807, 2.05) is 0 Å². The number of ether oxygens (including phenoxy) is 1. The van der Waals surface area contributed by atoms with Crippen LogP contribution in [0.2, 0.25) is 0 Å². The van der Waals surface area contributed by atoms with Gasteiger partial charge in [0, 0.05) is 29.9 Å². The second kappa shape index (κ2) is 8.68. The van der Waals surface area contributed by atoms with E-state index in [1.54, 1.807) is 57.0 Å². The van der Waals surface area contributed by atoms with Gasteiger partial charge in [0.05, 0.1) is 17.9 Å². The monoisotopic (exact) mass is 445 g/mol. The summed E-state index contributed by atoms with van der Waals surface area (Å²) in [5, 5.41) is 2.77. The summed E-state index contributed by atoms with van der Waals surface area (Å²) in [7, 11) is -2.08. The summed E-state index contributed by atoms with van der Waals surface area (Å²) in [4.78, 5) is 26.8. The number of amides is 2. The molecule has 1 aliphatic rings. The topological polar surface area (TPSA) is 105 Å². The lowest BCUT2D eigenvalue weighted by molar-refractivity contribution is -0.122. The minimum Gasteiger partial charge on any atom is -0.497 e. The first kappa shape index (κ1) is 22.8. The third kappa shape index (κ3) is 5.62. The van der Waals surface area contributed by atoms with E-state index in [0.29, 0.717) is 17.1 Å². The maximum atomic E-state index is 12.7. The molecule has 2 aromatic rings. The van der Waals surface area contributed by atoms with E-state index in [4.69, 9.17) is 4.74 Å².